The molecule has 2 rings (SSSR count). The second-order valence-corrected chi connectivity index (χ2v) is 4.42. The minimum Gasteiger partial charge on any atom is -0.507 e. The summed E-state index contributed by atoms with van der Waals surface area (Å²) in [6.07, 6.45) is 1.35. The number of halogens is 2. The maximum absolute atomic E-state index is 13.5. The Bertz CT molecular complexity index is 573. The molecule has 0 saturated heterocycles. The van der Waals surface area contributed by atoms with E-state index in [4.69, 9.17) is 0 Å². The number of rotatable bonds is 3. The average Bonchev–Trinajstić information content (AvgIpc) is 2.37. The fourth-order valence-electron chi connectivity index (χ4n) is 1.34. The van der Waals surface area contributed by atoms with Crippen LogP contribution < -0.4 is 5.43 Å². The van der Waals surface area contributed by atoms with Gasteiger partial charge in [-0.2, -0.15) is 5.10 Å². The lowest BCUT2D eigenvalue weighted by Crippen LogP contribution is -1.93. The summed E-state index contributed by atoms with van der Waals surface area (Å²) in [5.74, 6) is -0.671. The number of phenolic OH excluding ortho intramolecular Hbond substituents is 1. The van der Waals surface area contributed by atoms with Gasteiger partial charge in [-0.1, -0.05) is 18.2 Å². The quantitative estimate of drug-likeness (QED) is 0.670. The first-order chi connectivity index (χ1) is 8.66. The summed E-state index contributed by atoms with van der Waals surface area (Å²) in [5, 5.41) is 13.2. The van der Waals surface area contributed by atoms with Crippen LogP contribution in [-0.2, 0) is 0 Å². The van der Waals surface area contributed by atoms with Gasteiger partial charge in [0.05, 0.1) is 16.4 Å². The molecule has 0 amide bonds. The number of nitrogens with one attached hydrogen (secondary N) is 1. The van der Waals surface area contributed by atoms with Gasteiger partial charge in [-0.15, -0.1) is 0 Å². The van der Waals surface area contributed by atoms with Gasteiger partial charge in [0.1, 0.15) is 11.6 Å². The number of para-hydroxylation sites is 1. The van der Waals surface area contributed by atoms with Crippen LogP contribution in [0.25, 0.3) is 0 Å². The number of hydrogen-bond acceptors (Lipinski definition) is 3. The fourth-order valence-corrected chi connectivity index (χ4v) is 1.70. The minimum atomic E-state index is -0.533. The summed E-state index contributed by atoms with van der Waals surface area (Å²) >= 11 is 3.12. The molecule has 0 aliphatic heterocycles. The Morgan fingerprint density at radius 2 is 1.94 bits per heavy atom. The Kier molecular flexibility index (Phi) is 3.94. The Balaban J connectivity index is 2.12. The van der Waals surface area contributed by atoms with Crippen molar-refractivity contribution in [1.29, 1.82) is 0 Å². The lowest BCUT2D eigenvalue weighted by molar-refractivity contribution is 0.465. The predicted molar refractivity (Wildman–Crippen MR) is 73.4 cm³/mol. The lowest BCUT2D eigenvalue weighted by atomic mass is 10.2. The van der Waals surface area contributed by atoms with E-state index in [0.717, 1.165) is 11.8 Å². The van der Waals surface area contributed by atoms with Crippen LogP contribution in [0.4, 0.5) is 10.1 Å². The lowest BCUT2D eigenvalue weighted by Gasteiger charge is -2.01. The molecule has 0 atom stereocenters. The monoisotopic (exact) mass is 308 g/mol. The van der Waals surface area contributed by atoms with Gasteiger partial charge in [0.2, 0.25) is 0 Å². The highest BCUT2D eigenvalue weighted by Crippen LogP contribution is 2.25. The standard InChI is InChI=1S/C13H10BrFN2O/c14-11-6-9(12(15)7-13(11)18)8-16-17-10-4-2-1-3-5-10/h1-8,17-18H. The van der Waals surface area contributed by atoms with Crippen molar-refractivity contribution in [2.45, 2.75) is 0 Å². The number of anilines is 1. The molecule has 0 aliphatic rings. The van der Waals surface area contributed by atoms with Crippen molar-refractivity contribution in [3.8, 4) is 5.75 Å². The second-order valence-electron chi connectivity index (χ2n) is 3.56. The van der Waals surface area contributed by atoms with E-state index in [2.05, 4.69) is 26.5 Å². The summed E-state index contributed by atoms with van der Waals surface area (Å²) in [4.78, 5) is 0. The van der Waals surface area contributed by atoms with E-state index in [-0.39, 0.29) is 11.3 Å². The maximum Gasteiger partial charge on any atom is 0.135 e. The molecule has 18 heavy (non-hydrogen) atoms. The van der Waals surface area contributed by atoms with E-state index in [0.29, 0.717) is 4.47 Å². The van der Waals surface area contributed by atoms with Crippen LogP contribution in [0, 0.1) is 5.82 Å². The molecule has 0 unspecified atom stereocenters. The number of nitrogens with zero attached hydrogens (tertiary/aromatic N) is 1. The first kappa shape index (κ1) is 12.6. The second kappa shape index (κ2) is 5.64. The molecule has 2 aromatic carbocycles. The molecule has 0 heterocycles. The Morgan fingerprint density at radius 3 is 2.67 bits per heavy atom. The molecule has 5 heteroatoms. The summed E-state index contributed by atoms with van der Waals surface area (Å²) in [7, 11) is 0. The van der Waals surface area contributed by atoms with E-state index in [1.54, 1.807) is 0 Å². The molecule has 92 valence electrons. The summed E-state index contributed by atoms with van der Waals surface area (Å²) in [5.41, 5.74) is 3.87. The molecule has 2 aromatic rings. The Labute approximate surface area is 112 Å². The first-order valence-electron chi connectivity index (χ1n) is 5.19. The number of benzene rings is 2. The van der Waals surface area contributed by atoms with Crippen molar-refractivity contribution < 1.29 is 9.50 Å². The zero-order valence-corrected chi connectivity index (χ0v) is 10.9. The molecular weight excluding hydrogens is 299 g/mol. The smallest absolute Gasteiger partial charge is 0.135 e. The molecule has 0 aliphatic carbocycles. The number of hydrogen-bond donors (Lipinski definition) is 2. The van der Waals surface area contributed by atoms with Gasteiger partial charge >= 0.3 is 0 Å². The molecule has 0 radical (unpaired) electrons. The van der Waals surface area contributed by atoms with E-state index in [1.165, 1.54) is 12.3 Å². The molecule has 0 spiro atoms. The Morgan fingerprint density at radius 1 is 1.22 bits per heavy atom. The van der Waals surface area contributed by atoms with Crippen LogP contribution in [0.1, 0.15) is 5.56 Å². The van der Waals surface area contributed by atoms with Crippen molar-refractivity contribution in [2.24, 2.45) is 5.10 Å². The Hall–Kier alpha value is -1.88. The van der Waals surface area contributed by atoms with Gasteiger partial charge in [-0.05, 0) is 34.1 Å². The topological polar surface area (TPSA) is 44.6 Å². The molecule has 0 saturated carbocycles. The predicted octanol–water partition coefficient (Wildman–Crippen LogP) is 3.74. The van der Waals surface area contributed by atoms with Crippen molar-refractivity contribution in [1.82, 2.24) is 0 Å². The third kappa shape index (κ3) is 3.07. The van der Waals surface area contributed by atoms with E-state index < -0.39 is 5.82 Å². The van der Waals surface area contributed by atoms with Gasteiger partial charge in [-0.3, -0.25) is 5.43 Å². The average molecular weight is 309 g/mol. The SMILES string of the molecule is Oc1cc(F)c(C=NNc2ccccc2)cc1Br. The number of phenols is 1. The van der Waals surface area contributed by atoms with Crippen molar-refractivity contribution in [3.63, 3.8) is 0 Å². The fraction of sp³-hybridized carbons (Fsp3) is 0. The van der Waals surface area contributed by atoms with Crippen LogP contribution in [0.3, 0.4) is 0 Å². The molecule has 3 nitrogen and oxygen atoms in total. The van der Waals surface area contributed by atoms with Crippen LogP contribution in [0.5, 0.6) is 5.75 Å². The number of aromatic hydroxyl groups is 1. The zero-order valence-electron chi connectivity index (χ0n) is 9.27. The summed E-state index contributed by atoms with van der Waals surface area (Å²) in [6.45, 7) is 0. The van der Waals surface area contributed by atoms with Crippen molar-refractivity contribution in [2.75, 3.05) is 5.43 Å². The number of hydrazone groups is 1. The van der Waals surface area contributed by atoms with Crippen molar-refractivity contribution >= 4 is 27.8 Å². The minimum absolute atomic E-state index is 0.138. The summed E-state index contributed by atoms with van der Waals surface area (Å²) in [6, 6.07) is 11.8. The maximum atomic E-state index is 13.5. The highest BCUT2D eigenvalue weighted by Gasteiger charge is 2.05. The molecule has 0 fully saturated rings. The largest absolute Gasteiger partial charge is 0.507 e. The zero-order chi connectivity index (χ0) is 13.0. The third-order valence-corrected chi connectivity index (χ3v) is 2.87. The highest BCUT2D eigenvalue weighted by atomic mass is 79.9. The normalized spacial score (nSPS) is 10.8. The van der Waals surface area contributed by atoms with Crippen LogP contribution >= 0.6 is 15.9 Å². The van der Waals surface area contributed by atoms with E-state index >= 15 is 0 Å². The molecular formula is C13H10BrFN2O. The summed E-state index contributed by atoms with van der Waals surface area (Å²) < 4.78 is 13.9. The molecule has 2 N–H and O–H groups in total. The van der Waals surface area contributed by atoms with Crippen molar-refractivity contribution in [3.05, 3.63) is 58.3 Å². The van der Waals surface area contributed by atoms with E-state index in [9.17, 15) is 9.50 Å². The molecule has 0 bridgehead atoms. The van der Waals surface area contributed by atoms with Gasteiger partial charge in [0, 0.05) is 11.6 Å². The third-order valence-electron chi connectivity index (χ3n) is 2.24. The highest BCUT2D eigenvalue weighted by molar-refractivity contribution is 9.10. The molecule has 0 aromatic heterocycles. The van der Waals surface area contributed by atoms with Gasteiger partial charge < -0.3 is 5.11 Å². The van der Waals surface area contributed by atoms with Crippen LogP contribution in [0.15, 0.2) is 52.0 Å². The first-order valence-corrected chi connectivity index (χ1v) is 5.98. The van der Waals surface area contributed by atoms with Gasteiger partial charge in [-0.25, -0.2) is 4.39 Å². The van der Waals surface area contributed by atoms with Gasteiger partial charge in [0.15, 0.2) is 0 Å². The van der Waals surface area contributed by atoms with Gasteiger partial charge in [0.25, 0.3) is 0 Å². The van der Waals surface area contributed by atoms with E-state index in [1.807, 2.05) is 30.3 Å². The van der Waals surface area contributed by atoms with Crippen LogP contribution in [-0.4, -0.2) is 11.3 Å². The van der Waals surface area contributed by atoms with Crippen LogP contribution in [0.2, 0.25) is 0 Å².